The van der Waals surface area contributed by atoms with Crippen molar-refractivity contribution >= 4 is 0 Å². The average molecular weight is 196 g/mol. The Morgan fingerprint density at radius 1 is 1.20 bits per heavy atom. The minimum Gasteiger partial charge on any atom is -0.507 e. The van der Waals surface area contributed by atoms with E-state index in [1.807, 2.05) is 24.3 Å². The Morgan fingerprint density at radius 2 is 2.07 bits per heavy atom. The van der Waals surface area contributed by atoms with Crippen LogP contribution in [0.15, 0.2) is 42.6 Å². The summed E-state index contributed by atoms with van der Waals surface area (Å²) in [7, 11) is 0. The molecular weight excluding hydrogens is 188 g/mol. The quantitative estimate of drug-likeness (QED) is 0.761. The first kappa shape index (κ1) is 9.22. The molecule has 2 rings (SSSR count). The lowest BCUT2D eigenvalue weighted by Gasteiger charge is -2.01. The monoisotopic (exact) mass is 196 g/mol. The lowest BCUT2D eigenvalue weighted by Crippen LogP contribution is -1.83. The van der Waals surface area contributed by atoms with Gasteiger partial charge in [-0.15, -0.1) is 0 Å². The predicted molar refractivity (Wildman–Crippen MR) is 56.1 cm³/mol. The van der Waals surface area contributed by atoms with Crippen molar-refractivity contribution in [1.82, 2.24) is 4.98 Å². The first-order valence-corrected chi connectivity index (χ1v) is 4.46. The Morgan fingerprint density at radius 3 is 2.73 bits per heavy atom. The van der Waals surface area contributed by atoms with Crippen molar-refractivity contribution in [2.75, 3.05) is 0 Å². The van der Waals surface area contributed by atoms with E-state index < -0.39 is 0 Å². The lowest BCUT2D eigenvalue weighted by molar-refractivity contribution is 0.473. The number of hydrogen-bond donors (Lipinski definition) is 1. The molecule has 3 nitrogen and oxygen atoms in total. The third-order valence-electron chi connectivity index (χ3n) is 2.08. The van der Waals surface area contributed by atoms with E-state index in [2.05, 4.69) is 4.98 Å². The highest BCUT2D eigenvalue weighted by molar-refractivity contribution is 5.63. The second-order valence-corrected chi connectivity index (χ2v) is 3.06. The van der Waals surface area contributed by atoms with Crippen LogP contribution in [0.25, 0.3) is 11.3 Å². The summed E-state index contributed by atoms with van der Waals surface area (Å²) in [5.74, 6) is -0.00261. The molecule has 1 aromatic carbocycles. The highest BCUT2D eigenvalue weighted by Crippen LogP contribution is 2.23. The summed E-state index contributed by atoms with van der Waals surface area (Å²) < 4.78 is 0. The van der Waals surface area contributed by atoms with Crippen LogP contribution in [-0.4, -0.2) is 10.1 Å². The Kier molecular flexibility index (Phi) is 2.34. The molecule has 1 heterocycles. The van der Waals surface area contributed by atoms with Gasteiger partial charge in [0, 0.05) is 11.8 Å². The summed E-state index contributed by atoms with van der Waals surface area (Å²) in [5, 5.41) is 18.1. The standard InChI is InChI=1S/C12H8N2O/c13-8-10-7-9(4-5-12(10)15)11-3-1-2-6-14-11/h1-7,15H. The van der Waals surface area contributed by atoms with Gasteiger partial charge in [0.05, 0.1) is 11.3 Å². The van der Waals surface area contributed by atoms with Gasteiger partial charge in [-0.3, -0.25) is 4.98 Å². The molecule has 3 heteroatoms. The molecule has 2 aromatic rings. The predicted octanol–water partition coefficient (Wildman–Crippen LogP) is 2.33. The second kappa shape index (κ2) is 3.81. The number of aromatic nitrogens is 1. The fraction of sp³-hybridized carbons (Fsp3) is 0. The van der Waals surface area contributed by atoms with Crippen LogP contribution in [0.1, 0.15) is 5.56 Å². The van der Waals surface area contributed by atoms with E-state index in [-0.39, 0.29) is 11.3 Å². The van der Waals surface area contributed by atoms with E-state index in [1.165, 1.54) is 6.07 Å². The molecule has 0 amide bonds. The number of nitriles is 1. The van der Waals surface area contributed by atoms with E-state index in [9.17, 15) is 5.11 Å². The molecule has 0 bridgehead atoms. The summed E-state index contributed by atoms with van der Waals surface area (Å²) in [6.07, 6.45) is 1.69. The zero-order valence-corrected chi connectivity index (χ0v) is 7.88. The highest BCUT2D eigenvalue weighted by Gasteiger charge is 2.03. The molecule has 72 valence electrons. The molecule has 15 heavy (non-hydrogen) atoms. The Balaban J connectivity index is 2.52. The largest absolute Gasteiger partial charge is 0.507 e. The van der Waals surface area contributed by atoms with Gasteiger partial charge in [0.2, 0.25) is 0 Å². The van der Waals surface area contributed by atoms with Gasteiger partial charge in [-0.2, -0.15) is 5.26 Å². The van der Waals surface area contributed by atoms with Gasteiger partial charge in [0.25, 0.3) is 0 Å². The van der Waals surface area contributed by atoms with Crippen LogP contribution in [0.2, 0.25) is 0 Å². The zero-order chi connectivity index (χ0) is 10.7. The molecule has 1 N–H and O–H groups in total. The maximum Gasteiger partial charge on any atom is 0.133 e. The molecule has 0 spiro atoms. The SMILES string of the molecule is N#Cc1cc(-c2ccccn2)ccc1O. The van der Waals surface area contributed by atoms with Crippen LogP contribution in [0.5, 0.6) is 5.75 Å². The molecule has 0 radical (unpaired) electrons. The molecule has 0 unspecified atom stereocenters. The Hall–Kier alpha value is -2.34. The number of aromatic hydroxyl groups is 1. The summed E-state index contributed by atoms with van der Waals surface area (Å²) in [4.78, 5) is 4.16. The average Bonchev–Trinajstić information content (AvgIpc) is 2.31. The van der Waals surface area contributed by atoms with Gasteiger partial charge in [-0.1, -0.05) is 6.07 Å². The van der Waals surface area contributed by atoms with Gasteiger partial charge >= 0.3 is 0 Å². The Labute approximate surface area is 87.3 Å². The maximum atomic E-state index is 9.34. The van der Waals surface area contributed by atoms with E-state index in [0.29, 0.717) is 0 Å². The summed E-state index contributed by atoms with van der Waals surface area (Å²) in [6, 6.07) is 12.3. The molecule has 0 saturated carbocycles. The minimum atomic E-state index is -0.00261. The fourth-order valence-electron chi connectivity index (χ4n) is 1.32. The van der Waals surface area contributed by atoms with Crippen molar-refractivity contribution in [3.8, 4) is 23.1 Å². The smallest absolute Gasteiger partial charge is 0.133 e. The molecule has 0 aliphatic rings. The number of phenols is 1. The third kappa shape index (κ3) is 1.79. The molecule has 0 saturated heterocycles. The van der Waals surface area contributed by atoms with Gasteiger partial charge in [0.1, 0.15) is 11.8 Å². The van der Waals surface area contributed by atoms with E-state index >= 15 is 0 Å². The molecule has 0 fully saturated rings. The zero-order valence-electron chi connectivity index (χ0n) is 7.88. The van der Waals surface area contributed by atoms with E-state index in [1.54, 1.807) is 18.3 Å². The van der Waals surface area contributed by atoms with Gasteiger partial charge in [0.15, 0.2) is 0 Å². The van der Waals surface area contributed by atoms with Crippen molar-refractivity contribution in [3.05, 3.63) is 48.2 Å². The topological polar surface area (TPSA) is 56.9 Å². The summed E-state index contributed by atoms with van der Waals surface area (Å²) in [5.41, 5.74) is 1.87. The second-order valence-electron chi connectivity index (χ2n) is 3.06. The summed E-state index contributed by atoms with van der Waals surface area (Å²) in [6.45, 7) is 0. The molecular formula is C12H8N2O. The third-order valence-corrected chi connectivity index (χ3v) is 2.08. The lowest BCUT2D eigenvalue weighted by atomic mass is 10.1. The minimum absolute atomic E-state index is 0.00261. The fourth-order valence-corrected chi connectivity index (χ4v) is 1.32. The summed E-state index contributed by atoms with van der Waals surface area (Å²) >= 11 is 0. The normalized spacial score (nSPS) is 9.53. The van der Waals surface area contributed by atoms with Gasteiger partial charge in [-0.25, -0.2) is 0 Å². The first-order chi connectivity index (χ1) is 7.31. The molecule has 0 atom stereocenters. The Bertz CT molecular complexity index is 515. The molecule has 0 aliphatic heterocycles. The number of phenolic OH excluding ortho intramolecular Hbond substituents is 1. The van der Waals surface area contributed by atoms with Gasteiger partial charge in [-0.05, 0) is 30.3 Å². The van der Waals surface area contributed by atoms with Crippen molar-refractivity contribution in [3.63, 3.8) is 0 Å². The van der Waals surface area contributed by atoms with Gasteiger partial charge < -0.3 is 5.11 Å². The van der Waals surface area contributed by atoms with Crippen molar-refractivity contribution in [1.29, 1.82) is 5.26 Å². The number of hydrogen-bond acceptors (Lipinski definition) is 3. The van der Waals surface area contributed by atoms with Crippen LogP contribution in [0, 0.1) is 11.3 Å². The number of benzene rings is 1. The van der Waals surface area contributed by atoms with E-state index in [0.717, 1.165) is 11.3 Å². The van der Waals surface area contributed by atoms with E-state index in [4.69, 9.17) is 5.26 Å². The van der Waals surface area contributed by atoms with Crippen LogP contribution >= 0.6 is 0 Å². The van der Waals surface area contributed by atoms with Crippen molar-refractivity contribution < 1.29 is 5.11 Å². The first-order valence-electron chi connectivity index (χ1n) is 4.46. The van der Waals surface area contributed by atoms with Crippen molar-refractivity contribution in [2.24, 2.45) is 0 Å². The van der Waals surface area contributed by atoms with Crippen molar-refractivity contribution in [2.45, 2.75) is 0 Å². The maximum absolute atomic E-state index is 9.34. The van der Waals surface area contributed by atoms with Crippen LogP contribution in [0.4, 0.5) is 0 Å². The van der Waals surface area contributed by atoms with Crippen LogP contribution < -0.4 is 0 Å². The molecule has 1 aromatic heterocycles. The molecule has 0 aliphatic carbocycles. The van der Waals surface area contributed by atoms with Crippen LogP contribution in [-0.2, 0) is 0 Å². The number of pyridine rings is 1. The number of nitrogens with zero attached hydrogens (tertiary/aromatic N) is 2. The number of rotatable bonds is 1. The van der Waals surface area contributed by atoms with Crippen LogP contribution in [0.3, 0.4) is 0 Å². The highest BCUT2D eigenvalue weighted by atomic mass is 16.3.